The highest BCUT2D eigenvalue weighted by Crippen LogP contribution is 2.07. The Kier molecular flexibility index (Phi) is 6.47. The number of hydrogen-bond acceptors (Lipinski definition) is 5. The van der Waals surface area contributed by atoms with E-state index in [2.05, 4.69) is 15.0 Å². The normalized spacial score (nSPS) is 10.5. The van der Waals surface area contributed by atoms with E-state index in [0.717, 1.165) is 24.8 Å². The van der Waals surface area contributed by atoms with Crippen molar-refractivity contribution >= 4 is 11.8 Å². The van der Waals surface area contributed by atoms with E-state index in [-0.39, 0.29) is 11.5 Å². The first-order valence-corrected chi connectivity index (χ1v) is 7.73. The molecule has 0 spiro atoms. The number of esters is 1. The number of Topliss-reactive ketones (excluding diaryl/α,β-unsaturated/α-hetero) is 1. The third kappa shape index (κ3) is 5.65. The fraction of sp³-hybridized carbons (Fsp3) is 0.412. The summed E-state index contributed by atoms with van der Waals surface area (Å²) in [5.74, 6) is -0.215. The number of ketones is 1. The van der Waals surface area contributed by atoms with Gasteiger partial charge < -0.3 is 4.74 Å². The molecule has 122 valence electrons. The second kappa shape index (κ2) is 8.82. The largest absolute Gasteiger partial charge is 0.464 e. The number of methoxy groups -OCH3 is 1. The number of carbonyl (C=O) groups excluding carboxylic acids is 2. The maximum absolute atomic E-state index is 11.9. The maximum Gasteiger partial charge on any atom is 0.360 e. The summed E-state index contributed by atoms with van der Waals surface area (Å²) < 4.78 is 6.20. The Morgan fingerprint density at radius 2 is 1.91 bits per heavy atom. The van der Waals surface area contributed by atoms with Crippen molar-refractivity contribution in [3.8, 4) is 0 Å². The van der Waals surface area contributed by atoms with E-state index in [4.69, 9.17) is 0 Å². The third-order valence-electron chi connectivity index (χ3n) is 3.52. The molecule has 0 atom stereocenters. The smallest absolute Gasteiger partial charge is 0.360 e. The van der Waals surface area contributed by atoms with Crippen molar-refractivity contribution in [1.29, 1.82) is 0 Å². The molecular formula is C17H21N3O3. The molecule has 0 aliphatic carbocycles. The van der Waals surface area contributed by atoms with Crippen molar-refractivity contribution in [2.24, 2.45) is 0 Å². The van der Waals surface area contributed by atoms with Crippen LogP contribution in [0.3, 0.4) is 0 Å². The monoisotopic (exact) mass is 315 g/mol. The number of hydrogen-bond donors (Lipinski definition) is 0. The van der Waals surface area contributed by atoms with Gasteiger partial charge in [0.15, 0.2) is 5.69 Å². The van der Waals surface area contributed by atoms with Gasteiger partial charge in [-0.1, -0.05) is 42.0 Å². The lowest BCUT2D eigenvalue weighted by atomic mass is 10.0. The van der Waals surface area contributed by atoms with Crippen molar-refractivity contribution in [2.45, 2.75) is 38.6 Å². The molecule has 0 saturated heterocycles. The molecule has 0 aliphatic rings. The molecule has 0 saturated carbocycles. The van der Waals surface area contributed by atoms with E-state index in [1.807, 2.05) is 30.3 Å². The summed E-state index contributed by atoms with van der Waals surface area (Å²) in [5, 5.41) is 7.62. The molecule has 1 aromatic carbocycles. The first kappa shape index (κ1) is 16.9. The van der Waals surface area contributed by atoms with E-state index >= 15 is 0 Å². The first-order valence-electron chi connectivity index (χ1n) is 7.73. The number of aromatic nitrogens is 3. The van der Waals surface area contributed by atoms with Crippen molar-refractivity contribution in [3.05, 3.63) is 47.8 Å². The Bertz CT molecular complexity index is 638. The molecule has 23 heavy (non-hydrogen) atoms. The molecule has 0 N–H and O–H groups in total. The van der Waals surface area contributed by atoms with Gasteiger partial charge in [0.2, 0.25) is 0 Å². The van der Waals surface area contributed by atoms with Crippen molar-refractivity contribution in [2.75, 3.05) is 7.11 Å². The summed E-state index contributed by atoms with van der Waals surface area (Å²) in [6.07, 6.45) is 5.37. The van der Waals surface area contributed by atoms with Gasteiger partial charge in [-0.25, -0.2) is 4.79 Å². The van der Waals surface area contributed by atoms with Gasteiger partial charge in [-0.3, -0.25) is 9.48 Å². The lowest BCUT2D eigenvalue weighted by molar-refractivity contribution is -0.118. The summed E-state index contributed by atoms with van der Waals surface area (Å²) in [5.41, 5.74) is 1.28. The first-order chi connectivity index (χ1) is 11.2. The van der Waals surface area contributed by atoms with Crippen LogP contribution in [0.1, 0.15) is 41.7 Å². The minimum Gasteiger partial charge on any atom is -0.464 e. The number of rotatable bonds is 9. The SMILES string of the molecule is COC(=O)c1cn(CCCCCC(=O)Cc2ccccc2)nn1. The van der Waals surface area contributed by atoms with Gasteiger partial charge in [-0.2, -0.15) is 0 Å². The molecule has 2 rings (SSSR count). The molecule has 2 aromatic rings. The summed E-state index contributed by atoms with van der Waals surface area (Å²) in [6.45, 7) is 0.677. The lowest BCUT2D eigenvalue weighted by Gasteiger charge is -2.02. The fourth-order valence-electron chi connectivity index (χ4n) is 2.29. The number of aryl methyl sites for hydroxylation is 1. The van der Waals surface area contributed by atoms with Crippen molar-refractivity contribution in [1.82, 2.24) is 15.0 Å². The Balaban J connectivity index is 1.61. The molecule has 0 fully saturated rings. The predicted molar refractivity (Wildman–Crippen MR) is 85.0 cm³/mol. The Morgan fingerprint density at radius 1 is 1.13 bits per heavy atom. The average molecular weight is 315 g/mol. The zero-order valence-electron chi connectivity index (χ0n) is 13.3. The van der Waals surface area contributed by atoms with Gasteiger partial charge in [0, 0.05) is 19.4 Å². The summed E-state index contributed by atoms with van der Waals surface area (Å²) >= 11 is 0. The number of carbonyl (C=O) groups is 2. The second-order valence-electron chi connectivity index (χ2n) is 5.37. The van der Waals surface area contributed by atoms with Gasteiger partial charge in [0.05, 0.1) is 13.3 Å². The van der Waals surface area contributed by atoms with E-state index in [1.54, 1.807) is 10.9 Å². The van der Waals surface area contributed by atoms with Gasteiger partial charge in [-0.05, 0) is 18.4 Å². The second-order valence-corrected chi connectivity index (χ2v) is 5.37. The van der Waals surface area contributed by atoms with E-state index < -0.39 is 5.97 Å². The zero-order chi connectivity index (χ0) is 16.5. The van der Waals surface area contributed by atoms with Crippen molar-refractivity contribution in [3.63, 3.8) is 0 Å². The van der Waals surface area contributed by atoms with E-state index in [0.29, 0.717) is 19.4 Å². The van der Waals surface area contributed by atoms with Crippen LogP contribution in [0.15, 0.2) is 36.5 Å². The predicted octanol–water partition coefficient (Wildman–Crippen LogP) is 2.44. The average Bonchev–Trinajstić information content (AvgIpc) is 3.03. The minimum atomic E-state index is -0.484. The number of unbranched alkanes of at least 4 members (excludes halogenated alkanes) is 2. The third-order valence-corrected chi connectivity index (χ3v) is 3.52. The molecule has 0 aliphatic heterocycles. The highest BCUT2D eigenvalue weighted by atomic mass is 16.5. The van der Waals surface area contributed by atoms with E-state index in [1.165, 1.54) is 7.11 Å². The number of benzene rings is 1. The molecule has 0 amide bonds. The number of nitrogens with zero attached hydrogens (tertiary/aromatic N) is 3. The van der Waals surface area contributed by atoms with Crippen LogP contribution in [0, 0.1) is 0 Å². The number of ether oxygens (including phenoxy) is 1. The van der Waals surface area contributed by atoms with Crippen LogP contribution in [0.2, 0.25) is 0 Å². The maximum atomic E-state index is 11.9. The van der Waals surface area contributed by atoms with Crippen molar-refractivity contribution < 1.29 is 14.3 Å². The molecule has 0 unspecified atom stereocenters. The van der Waals surface area contributed by atoms with Gasteiger partial charge in [0.25, 0.3) is 0 Å². The molecule has 6 nitrogen and oxygen atoms in total. The topological polar surface area (TPSA) is 74.1 Å². The van der Waals surface area contributed by atoms with Crippen LogP contribution in [-0.2, 0) is 22.5 Å². The quantitative estimate of drug-likeness (QED) is 0.525. The van der Waals surface area contributed by atoms with Gasteiger partial charge >= 0.3 is 5.97 Å². The van der Waals surface area contributed by atoms with E-state index in [9.17, 15) is 9.59 Å². The summed E-state index contributed by atoms with van der Waals surface area (Å²) in [7, 11) is 1.31. The lowest BCUT2D eigenvalue weighted by Crippen LogP contribution is -2.03. The summed E-state index contributed by atoms with van der Waals surface area (Å²) in [4.78, 5) is 23.1. The van der Waals surface area contributed by atoms with Crippen LogP contribution < -0.4 is 0 Å². The van der Waals surface area contributed by atoms with Gasteiger partial charge in [0.1, 0.15) is 5.78 Å². The molecule has 1 aromatic heterocycles. The standard InChI is InChI=1S/C17H21N3O3/c1-23-17(22)16-13-20(19-18-16)11-7-3-6-10-15(21)12-14-8-4-2-5-9-14/h2,4-5,8-9,13H,3,6-7,10-12H2,1H3. The zero-order valence-corrected chi connectivity index (χ0v) is 13.3. The molecule has 0 radical (unpaired) electrons. The Hall–Kier alpha value is -2.50. The molecule has 0 bridgehead atoms. The molecular weight excluding hydrogens is 294 g/mol. The highest BCUT2D eigenvalue weighted by molar-refractivity contribution is 5.86. The molecule has 6 heteroatoms. The van der Waals surface area contributed by atoms with Crippen LogP contribution in [0.25, 0.3) is 0 Å². The van der Waals surface area contributed by atoms with Gasteiger partial charge in [-0.15, -0.1) is 5.10 Å². The van der Waals surface area contributed by atoms with Crippen LogP contribution >= 0.6 is 0 Å². The highest BCUT2D eigenvalue weighted by Gasteiger charge is 2.10. The summed E-state index contributed by atoms with van der Waals surface area (Å²) in [6, 6.07) is 9.79. The van der Waals surface area contributed by atoms with Crippen LogP contribution in [0.5, 0.6) is 0 Å². The molecule has 1 heterocycles. The minimum absolute atomic E-state index is 0.213. The Labute approximate surface area is 135 Å². The van der Waals surface area contributed by atoms with Crippen LogP contribution in [0.4, 0.5) is 0 Å². The van der Waals surface area contributed by atoms with Crippen LogP contribution in [-0.4, -0.2) is 33.9 Å². The Morgan fingerprint density at radius 3 is 2.65 bits per heavy atom. The fourth-order valence-corrected chi connectivity index (χ4v) is 2.29.